The minimum absolute atomic E-state index is 0.00268. The van der Waals surface area contributed by atoms with Gasteiger partial charge in [0.05, 0.1) is 36.4 Å². The zero-order chi connectivity index (χ0) is 34.3. The number of carbonyl (C=O) groups excluding carboxylic acids is 1. The molecule has 8 aliphatic heterocycles. The highest BCUT2D eigenvalue weighted by Crippen LogP contribution is 2.74. The Hall–Kier alpha value is -2.95. The first-order valence-corrected chi connectivity index (χ1v) is 19.8. The quantitative estimate of drug-likeness (QED) is 0.407. The number of aliphatic hydroxyl groups excluding tert-OH is 2. The van der Waals surface area contributed by atoms with Crippen LogP contribution in [0.3, 0.4) is 0 Å². The van der Waals surface area contributed by atoms with Crippen LogP contribution < -0.4 is 10.2 Å². The number of hydrogen-bond acceptors (Lipinski definition) is 9. The van der Waals surface area contributed by atoms with Crippen molar-refractivity contribution in [3.8, 4) is 0 Å². The van der Waals surface area contributed by atoms with Crippen molar-refractivity contribution >= 4 is 17.3 Å². The zero-order valence-electron chi connectivity index (χ0n) is 29.8. The molecule has 12 atom stereocenters. The molecule has 9 heteroatoms. The summed E-state index contributed by atoms with van der Waals surface area (Å²) in [5.41, 5.74) is 6.08. The Morgan fingerprint density at radius 1 is 0.980 bits per heavy atom. The van der Waals surface area contributed by atoms with Crippen LogP contribution in [0, 0.1) is 22.2 Å². The lowest BCUT2D eigenvalue weighted by Gasteiger charge is -2.69. The maximum absolute atomic E-state index is 13.9. The van der Waals surface area contributed by atoms with Gasteiger partial charge >= 0.3 is 5.97 Å². The molecule has 2 aromatic carbocycles. The second-order valence-corrected chi connectivity index (χ2v) is 18.4. The molecule has 2 aromatic rings. The molecule has 0 amide bonds. The molecule has 0 unspecified atom stereocenters. The van der Waals surface area contributed by atoms with Gasteiger partial charge in [0.25, 0.3) is 0 Å². The van der Waals surface area contributed by atoms with Crippen LogP contribution in [0.2, 0.25) is 0 Å². The second-order valence-electron chi connectivity index (χ2n) is 18.4. The van der Waals surface area contributed by atoms with E-state index in [1.54, 1.807) is 0 Å². The van der Waals surface area contributed by atoms with Gasteiger partial charge in [0.15, 0.2) is 0 Å². The van der Waals surface area contributed by atoms with E-state index < -0.39 is 12.2 Å². The number of benzene rings is 2. The number of anilines is 2. The number of ether oxygens (including phenoxy) is 2. The average Bonchev–Trinajstić information content (AvgIpc) is 3.97. The van der Waals surface area contributed by atoms with Crippen molar-refractivity contribution in [1.82, 2.24) is 9.80 Å². The molecule has 2 aliphatic carbocycles. The third-order valence-corrected chi connectivity index (χ3v) is 17.0. The van der Waals surface area contributed by atoms with Crippen LogP contribution in [0.25, 0.3) is 0 Å². The van der Waals surface area contributed by atoms with E-state index in [9.17, 15) is 15.0 Å². The number of hydrogen-bond donors (Lipinski definition) is 3. The molecule has 3 N–H and O–H groups in total. The number of para-hydroxylation sites is 2. The minimum Gasteiger partial charge on any atom is -0.466 e. The molecule has 7 fully saturated rings. The molecule has 6 saturated heterocycles. The molecule has 0 aromatic heterocycles. The molecule has 0 bridgehead atoms. The highest BCUT2D eigenvalue weighted by molar-refractivity contribution is 5.93. The number of fused-ring (bicyclic) bond motifs is 4. The fraction of sp³-hybridized carbons (Fsp3) is 0.643. The van der Waals surface area contributed by atoms with Crippen LogP contribution in [0.4, 0.5) is 11.4 Å². The number of nitrogens with zero attached hydrogens (tertiary/aromatic N) is 3. The van der Waals surface area contributed by atoms with Crippen molar-refractivity contribution in [2.45, 2.75) is 99.1 Å². The summed E-state index contributed by atoms with van der Waals surface area (Å²) in [4.78, 5) is 22.1. The van der Waals surface area contributed by atoms with Crippen LogP contribution in [0.1, 0.15) is 63.0 Å². The highest BCUT2D eigenvalue weighted by atomic mass is 16.5. The highest BCUT2D eigenvalue weighted by Gasteiger charge is 2.79. The van der Waals surface area contributed by atoms with E-state index in [0.717, 1.165) is 81.7 Å². The Morgan fingerprint density at radius 2 is 1.78 bits per heavy atom. The van der Waals surface area contributed by atoms with Gasteiger partial charge in [0, 0.05) is 83.1 Å². The molecule has 8 heterocycles. The van der Waals surface area contributed by atoms with Gasteiger partial charge in [-0.05, 0) is 87.2 Å². The molecule has 268 valence electrons. The minimum atomic E-state index is -0.735. The van der Waals surface area contributed by atoms with Gasteiger partial charge in [0.2, 0.25) is 0 Å². The monoisotopic (exact) mass is 690 g/mol. The lowest BCUT2D eigenvalue weighted by atomic mass is 9.44. The molecular formula is C42H50N4O5. The predicted molar refractivity (Wildman–Crippen MR) is 191 cm³/mol. The molecule has 10 aliphatic rings. The second kappa shape index (κ2) is 9.58. The smallest absolute Gasteiger partial charge is 0.335 e. The average molecular weight is 691 g/mol. The van der Waals surface area contributed by atoms with Crippen molar-refractivity contribution in [3.05, 3.63) is 70.9 Å². The summed E-state index contributed by atoms with van der Waals surface area (Å²) in [5.74, 6) is 0.138. The van der Waals surface area contributed by atoms with E-state index >= 15 is 0 Å². The first-order chi connectivity index (χ1) is 24.8. The van der Waals surface area contributed by atoms with E-state index in [0.29, 0.717) is 31.5 Å². The van der Waals surface area contributed by atoms with Crippen molar-refractivity contribution in [2.75, 3.05) is 56.7 Å². The summed E-state index contributed by atoms with van der Waals surface area (Å²) in [6, 6.07) is 18.8. The molecule has 4 spiro atoms. The van der Waals surface area contributed by atoms with Crippen LogP contribution in [0.15, 0.2) is 59.8 Å². The summed E-state index contributed by atoms with van der Waals surface area (Å²) in [6.45, 7) is 7.42. The maximum Gasteiger partial charge on any atom is 0.335 e. The van der Waals surface area contributed by atoms with E-state index in [-0.39, 0.29) is 51.2 Å². The third kappa shape index (κ3) is 3.15. The van der Waals surface area contributed by atoms with Crippen molar-refractivity contribution in [2.24, 2.45) is 22.2 Å². The number of piperidine rings is 3. The number of rotatable bonds is 2. The van der Waals surface area contributed by atoms with Gasteiger partial charge in [0.1, 0.15) is 0 Å². The first-order valence-electron chi connectivity index (χ1n) is 19.8. The lowest BCUT2D eigenvalue weighted by Crippen LogP contribution is -2.77. The molecule has 51 heavy (non-hydrogen) atoms. The van der Waals surface area contributed by atoms with Crippen LogP contribution in [0.5, 0.6) is 0 Å². The van der Waals surface area contributed by atoms with Crippen molar-refractivity contribution in [3.63, 3.8) is 0 Å². The predicted octanol–water partition coefficient (Wildman–Crippen LogP) is 3.79. The number of methoxy groups -OCH3 is 1. The number of nitrogens with one attached hydrogen (secondary N) is 1. The summed E-state index contributed by atoms with van der Waals surface area (Å²) < 4.78 is 12.8. The summed E-state index contributed by atoms with van der Waals surface area (Å²) in [7, 11) is 1.53. The Balaban J connectivity index is 1.04. The van der Waals surface area contributed by atoms with E-state index in [2.05, 4.69) is 75.5 Å². The Kier molecular flexibility index (Phi) is 5.73. The Bertz CT molecular complexity index is 1940. The van der Waals surface area contributed by atoms with E-state index in [1.165, 1.54) is 23.9 Å². The van der Waals surface area contributed by atoms with Gasteiger partial charge in [-0.15, -0.1) is 0 Å². The van der Waals surface area contributed by atoms with Gasteiger partial charge in [-0.3, -0.25) is 9.80 Å². The third-order valence-electron chi connectivity index (χ3n) is 17.0. The molecular weight excluding hydrogens is 640 g/mol. The standard InChI is InChI=1S/C42H50N4O5/c1-3-39-19-24-18-38(23-46-29-11-7-5-9-27(29)42(32(24)46)13-15-44(35(39)42)21-30(47)33(39)48)22-45-16-12-41-26-8-4-6-10-28(26)43-31(41)25(34(49)50-2)20-40(36(41)45)14-17-51-37(38)40/h4-11,24,30,32-33,35-37,43,47-48H,3,12-23H2,1-2H3/t24-,30+,32+,33-,35+,36+,37+,38-,39-,40+,41+,42+/m1/s1. The fourth-order valence-corrected chi connectivity index (χ4v) is 16.2. The Morgan fingerprint density at radius 3 is 2.63 bits per heavy atom. The van der Waals surface area contributed by atoms with Crippen molar-refractivity contribution in [1.29, 1.82) is 0 Å². The maximum atomic E-state index is 13.9. The van der Waals surface area contributed by atoms with Gasteiger partial charge in [-0.2, -0.15) is 0 Å². The number of aliphatic hydroxyl groups is 2. The van der Waals surface area contributed by atoms with Crippen LogP contribution in [-0.4, -0.2) is 109 Å². The molecule has 1 saturated carbocycles. The first kappa shape index (κ1) is 30.5. The van der Waals surface area contributed by atoms with Crippen LogP contribution >= 0.6 is 0 Å². The van der Waals surface area contributed by atoms with Gasteiger partial charge in [-0.1, -0.05) is 43.3 Å². The summed E-state index contributed by atoms with van der Waals surface area (Å²) in [6.07, 6.45) is 5.02. The van der Waals surface area contributed by atoms with Crippen LogP contribution in [-0.2, 0) is 25.1 Å². The van der Waals surface area contributed by atoms with Gasteiger partial charge < -0.3 is 29.9 Å². The Labute approximate surface area is 299 Å². The molecule has 9 nitrogen and oxygen atoms in total. The summed E-state index contributed by atoms with van der Waals surface area (Å²) >= 11 is 0. The fourth-order valence-electron chi connectivity index (χ4n) is 16.2. The van der Waals surface area contributed by atoms with Crippen molar-refractivity contribution < 1.29 is 24.5 Å². The molecule has 12 rings (SSSR count). The van der Waals surface area contributed by atoms with E-state index in [1.807, 2.05) is 0 Å². The largest absolute Gasteiger partial charge is 0.466 e. The number of esters is 1. The zero-order valence-corrected chi connectivity index (χ0v) is 29.8. The number of carbonyl (C=O) groups is 1. The van der Waals surface area contributed by atoms with Gasteiger partial charge in [-0.25, -0.2) is 4.79 Å². The topological polar surface area (TPSA) is 97.7 Å². The SMILES string of the molecule is CC[C@@]12C[C@H]3C[C@@]4(CN5CC[C@]67C(=C(C(=O)OC)C[C@@]8(CCO[C@@H]48)[C@H]56)Nc4ccccc47)CN4c5ccccc5[C@@]5(CCN(C[C@H](O)[C@H]1O)[C@@H]25)[C@H]34. The molecule has 0 radical (unpaired) electrons. The van der Waals surface area contributed by atoms with E-state index in [4.69, 9.17) is 9.47 Å². The lowest BCUT2D eigenvalue weighted by molar-refractivity contribution is -0.200. The normalized spacial score (nSPS) is 48.0. The summed E-state index contributed by atoms with van der Waals surface area (Å²) in [5, 5.41) is 27.3.